The number of non-ortho nitro benzene ring substituents is 1. The van der Waals surface area contributed by atoms with E-state index in [-0.39, 0.29) is 5.69 Å². The summed E-state index contributed by atoms with van der Waals surface area (Å²) < 4.78 is 10.4. The summed E-state index contributed by atoms with van der Waals surface area (Å²) in [6, 6.07) is 9.33. The summed E-state index contributed by atoms with van der Waals surface area (Å²) in [6.45, 7) is 0. The highest BCUT2D eigenvalue weighted by atomic mass is 35.5. The van der Waals surface area contributed by atoms with Gasteiger partial charge in [0.05, 0.1) is 36.1 Å². The number of methoxy groups -OCH3 is 2. The molecule has 120 valence electrons. The van der Waals surface area contributed by atoms with Gasteiger partial charge < -0.3 is 9.47 Å². The maximum atomic E-state index is 10.6. The van der Waals surface area contributed by atoms with Crippen LogP contribution in [-0.4, -0.2) is 25.4 Å². The van der Waals surface area contributed by atoms with E-state index in [1.165, 1.54) is 26.4 Å². The first-order valence-electron chi connectivity index (χ1n) is 6.50. The number of benzene rings is 2. The Bertz CT molecular complexity index is 732. The molecule has 0 radical (unpaired) electrons. The van der Waals surface area contributed by atoms with Gasteiger partial charge in [0.2, 0.25) is 0 Å². The van der Waals surface area contributed by atoms with Crippen LogP contribution >= 0.6 is 11.6 Å². The second-order valence-corrected chi connectivity index (χ2v) is 4.82. The first-order chi connectivity index (χ1) is 11.0. The quantitative estimate of drug-likeness (QED) is 0.494. The molecule has 7 nitrogen and oxygen atoms in total. The van der Waals surface area contributed by atoms with Gasteiger partial charge in [-0.2, -0.15) is 5.10 Å². The van der Waals surface area contributed by atoms with Crippen LogP contribution in [0, 0.1) is 10.1 Å². The molecule has 1 N–H and O–H groups in total. The highest BCUT2D eigenvalue weighted by Crippen LogP contribution is 2.35. The lowest BCUT2D eigenvalue weighted by molar-refractivity contribution is -0.384. The Morgan fingerprint density at radius 1 is 1.22 bits per heavy atom. The smallest absolute Gasteiger partial charge is 0.269 e. The molecule has 0 heterocycles. The third kappa shape index (κ3) is 4.10. The Balaban J connectivity index is 2.11. The molecule has 2 aromatic carbocycles. The van der Waals surface area contributed by atoms with Crippen molar-refractivity contribution in [2.75, 3.05) is 19.6 Å². The molecule has 0 amide bonds. The van der Waals surface area contributed by atoms with Crippen molar-refractivity contribution in [3.63, 3.8) is 0 Å². The van der Waals surface area contributed by atoms with E-state index in [9.17, 15) is 10.1 Å². The molecule has 0 aromatic heterocycles. The molecule has 0 spiro atoms. The lowest BCUT2D eigenvalue weighted by Gasteiger charge is -2.09. The largest absolute Gasteiger partial charge is 0.493 e. The molecule has 0 fully saturated rings. The van der Waals surface area contributed by atoms with Crippen LogP contribution in [0.5, 0.6) is 11.5 Å². The number of hydrogen-bond donors (Lipinski definition) is 1. The van der Waals surface area contributed by atoms with Gasteiger partial charge in [0.15, 0.2) is 11.5 Å². The Kier molecular flexibility index (Phi) is 5.37. The minimum absolute atomic E-state index is 0.0196. The first-order valence-corrected chi connectivity index (χ1v) is 6.88. The van der Waals surface area contributed by atoms with Crippen molar-refractivity contribution in [1.29, 1.82) is 0 Å². The molecule has 0 atom stereocenters. The molecule has 0 bridgehead atoms. The lowest BCUT2D eigenvalue weighted by atomic mass is 10.2. The SMILES string of the molecule is COc1cc(/C=N/Nc2ccc([N+](=O)[O-])cc2)cc(Cl)c1OC. The summed E-state index contributed by atoms with van der Waals surface area (Å²) in [7, 11) is 3.03. The number of halogens is 1. The van der Waals surface area contributed by atoms with E-state index in [4.69, 9.17) is 21.1 Å². The predicted octanol–water partition coefficient (Wildman–Crippen LogP) is 3.71. The van der Waals surface area contributed by atoms with Gasteiger partial charge in [-0.1, -0.05) is 11.6 Å². The van der Waals surface area contributed by atoms with Crippen LogP contribution in [-0.2, 0) is 0 Å². The van der Waals surface area contributed by atoms with Gasteiger partial charge in [-0.3, -0.25) is 15.5 Å². The highest BCUT2D eigenvalue weighted by Gasteiger charge is 2.09. The molecular weight excluding hydrogens is 322 g/mol. The van der Waals surface area contributed by atoms with E-state index < -0.39 is 4.92 Å². The molecule has 8 heteroatoms. The molecule has 2 rings (SSSR count). The predicted molar refractivity (Wildman–Crippen MR) is 88.9 cm³/mol. The number of hydrogen-bond acceptors (Lipinski definition) is 6. The van der Waals surface area contributed by atoms with Crippen LogP contribution < -0.4 is 14.9 Å². The van der Waals surface area contributed by atoms with Crippen molar-refractivity contribution in [1.82, 2.24) is 0 Å². The molecular formula is C15H14ClN3O4. The zero-order valence-corrected chi connectivity index (χ0v) is 13.2. The molecule has 23 heavy (non-hydrogen) atoms. The molecule has 0 saturated heterocycles. The molecule has 0 aliphatic carbocycles. The average Bonchev–Trinajstić information content (AvgIpc) is 2.54. The van der Waals surface area contributed by atoms with Gasteiger partial charge in [0.1, 0.15) is 0 Å². The maximum absolute atomic E-state index is 10.6. The van der Waals surface area contributed by atoms with Crippen LogP contribution in [0.1, 0.15) is 5.56 Å². The van der Waals surface area contributed by atoms with Gasteiger partial charge in [-0.15, -0.1) is 0 Å². The number of nitro groups is 1. The Morgan fingerprint density at radius 3 is 2.48 bits per heavy atom. The second-order valence-electron chi connectivity index (χ2n) is 4.41. The fourth-order valence-electron chi connectivity index (χ4n) is 1.85. The van der Waals surface area contributed by atoms with Crippen LogP contribution in [0.3, 0.4) is 0 Å². The maximum Gasteiger partial charge on any atom is 0.269 e. The van der Waals surface area contributed by atoms with Crippen molar-refractivity contribution >= 4 is 29.2 Å². The topological polar surface area (TPSA) is 86.0 Å². The fraction of sp³-hybridized carbons (Fsp3) is 0.133. The van der Waals surface area contributed by atoms with Gasteiger partial charge in [-0.05, 0) is 29.8 Å². The monoisotopic (exact) mass is 335 g/mol. The summed E-state index contributed by atoms with van der Waals surface area (Å²) >= 11 is 6.11. The molecule has 2 aromatic rings. The van der Waals surface area contributed by atoms with Crippen molar-refractivity contribution in [2.45, 2.75) is 0 Å². The third-order valence-corrected chi connectivity index (χ3v) is 3.22. The van der Waals surface area contributed by atoms with E-state index in [1.54, 1.807) is 30.5 Å². The number of rotatable bonds is 6. The van der Waals surface area contributed by atoms with E-state index in [1.807, 2.05) is 0 Å². The van der Waals surface area contributed by atoms with Crippen molar-refractivity contribution < 1.29 is 14.4 Å². The number of nitrogens with zero attached hydrogens (tertiary/aromatic N) is 2. The van der Waals surface area contributed by atoms with Crippen molar-refractivity contribution in [3.8, 4) is 11.5 Å². The molecule has 0 unspecified atom stereocenters. The second kappa shape index (κ2) is 7.46. The van der Waals surface area contributed by atoms with Crippen molar-refractivity contribution in [3.05, 3.63) is 57.1 Å². The summed E-state index contributed by atoms with van der Waals surface area (Å²) in [6.07, 6.45) is 1.55. The number of anilines is 1. The van der Waals surface area contributed by atoms with Crippen LogP contribution in [0.15, 0.2) is 41.5 Å². The van der Waals surface area contributed by atoms with E-state index in [0.717, 1.165) is 0 Å². The summed E-state index contributed by atoms with van der Waals surface area (Å²) in [5.74, 6) is 0.950. The average molecular weight is 336 g/mol. The van der Waals surface area contributed by atoms with Crippen LogP contribution in [0.4, 0.5) is 11.4 Å². The van der Waals surface area contributed by atoms with E-state index in [2.05, 4.69) is 10.5 Å². The zero-order valence-electron chi connectivity index (χ0n) is 12.4. The van der Waals surface area contributed by atoms with E-state index >= 15 is 0 Å². The van der Waals surface area contributed by atoms with Crippen LogP contribution in [0.25, 0.3) is 0 Å². The van der Waals surface area contributed by atoms with E-state index in [0.29, 0.717) is 27.8 Å². The Labute approximate surface area is 137 Å². The standard InChI is InChI=1S/C15H14ClN3O4/c1-22-14-8-10(7-13(16)15(14)23-2)9-17-18-11-3-5-12(6-4-11)19(20)21/h3-9,18H,1-2H3/b17-9+. The molecule has 0 aliphatic heterocycles. The third-order valence-electron chi connectivity index (χ3n) is 2.94. The minimum Gasteiger partial charge on any atom is -0.493 e. The van der Waals surface area contributed by atoms with Gasteiger partial charge in [-0.25, -0.2) is 0 Å². The van der Waals surface area contributed by atoms with Crippen LogP contribution in [0.2, 0.25) is 5.02 Å². The lowest BCUT2D eigenvalue weighted by Crippen LogP contribution is -1.95. The number of hydrazone groups is 1. The van der Waals surface area contributed by atoms with Crippen molar-refractivity contribution in [2.24, 2.45) is 5.10 Å². The highest BCUT2D eigenvalue weighted by molar-refractivity contribution is 6.32. The molecule has 0 saturated carbocycles. The zero-order chi connectivity index (χ0) is 16.8. The van der Waals surface area contributed by atoms with Gasteiger partial charge in [0.25, 0.3) is 5.69 Å². The minimum atomic E-state index is -0.460. The van der Waals surface area contributed by atoms with Gasteiger partial charge in [0, 0.05) is 12.1 Å². The fourth-order valence-corrected chi connectivity index (χ4v) is 2.15. The van der Waals surface area contributed by atoms with Gasteiger partial charge >= 0.3 is 0 Å². The number of nitro benzene ring substituents is 1. The molecule has 0 aliphatic rings. The Morgan fingerprint density at radius 2 is 1.91 bits per heavy atom. The normalized spacial score (nSPS) is 10.6. The summed E-state index contributed by atoms with van der Waals surface area (Å²) in [4.78, 5) is 10.1. The number of ether oxygens (including phenoxy) is 2. The summed E-state index contributed by atoms with van der Waals surface area (Å²) in [5.41, 5.74) is 4.13. The summed E-state index contributed by atoms with van der Waals surface area (Å²) in [5, 5.41) is 15.0. The Hall–Kier alpha value is -2.80. The first kappa shape index (κ1) is 16.6. The number of nitrogens with one attached hydrogen (secondary N) is 1.